The van der Waals surface area contributed by atoms with Gasteiger partial charge in [-0.1, -0.05) is 13.3 Å². The van der Waals surface area contributed by atoms with Gasteiger partial charge in [-0.2, -0.15) is 0 Å². The standard InChI is InChI=1S/C14H28N2O/c1-3-12(6-7-17)9-15-13-8-11(2)16(10-13)14-4-5-14/h11-15,17H,3-10H2,1-2H3. The number of nitrogens with zero attached hydrogens (tertiary/aromatic N) is 1. The highest BCUT2D eigenvalue weighted by Gasteiger charge is 2.38. The van der Waals surface area contributed by atoms with Crippen molar-refractivity contribution in [2.45, 2.75) is 64.1 Å². The molecule has 1 aliphatic heterocycles. The lowest BCUT2D eigenvalue weighted by Gasteiger charge is -2.20. The molecule has 0 amide bonds. The van der Waals surface area contributed by atoms with Crippen LogP contribution in [0.2, 0.25) is 0 Å². The van der Waals surface area contributed by atoms with E-state index >= 15 is 0 Å². The number of rotatable bonds is 7. The molecule has 0 radical (unpaired) electrons. The van der Waals surface area contributed by atoms with Gasteiger partial charge in [-0.3, -0.25) is 4.90 Å². The Labute approximate surface area is 106 Å². The van der Waals surface area contributed by atoms with Crippen LogP contribution >= 0.6 is 0 Å². The molecule has 100 valence electrons. The lowest BCUT2D eigenvalue weighted by molar-refractivity contribution is 0.243. The zero-order chi connectivity index (χ0) is 12.3. The van der Waals surface area contributed by atoms with Crippen LogP contribution < -0.4 is 5.32 Å². The Balaban J connectivity index is 1.69. The minimum Gasteiger partial charge on any atom is -0.396 e. The van der Waals surface area contributed by atoms with Gasteiger partial charge < -0.3 is 10.4 Å². The highest BCUT2D eigenvalue weighted by atomic mass is 16.3. The van der Waals surface area contributed by atoms with Crippen molar-refractivity contribution < 1.29 is 5.11 Å². The number of aliphatic hydroxyl groups excluding tert-OH is 1. The molecule has 2 fully saturated rings. The summed E-state index contributed by atoms with van der Waals surface area (Å²) in [6.45, 7) is 7.23. The van der Waals surface area contributed by atoms with E-state index in [9.17, 15) is 0 Å². The number of nitrogens with one attached hydrogen (secondary N) is 1. The highest BCUT2D eigenvalue weighted by Crippen LogP contribution is 2.33. The first-order valence-electron chi connectivity index (χ1n) is 7.34. The molecule has 1 aliphatic carbocycles. The first kappa shape index (κ1) is 13.3. The summed E-state index contributed by atoms with van der Waals surface area (Å²) in [5.74, 6) is 0.644. The molecule has 0 aromatic heterocycles. The van der Waals surface area contributed by atoms with Gasteiger partial charge in [0.1, 0.15) is 0 Å². The molecular formula is C14H28N2O. The van der Waals surface area contributed by atoms with Gasteiger partial charge in [0.2, 0.25) is 0 Å². The van der Waals surface area contributed by atoms with Gasteiger partial charge in [-0.15, -0.1) is 0 Å². The minimum atomic E-state index is 0.329. The third-order valence-electron chi connectivity index (χ3n) is 4.45. The molecule has 17 heavy (non-hydrogen) atoms. The molecule has 0 aromatic rings. The summed E-state index contributed by atoms with van der Waals surface area (Å²) < 4.78 is 0. The molecule has 2 rings (SSSR count). The molecule has 0 aromatic carbocycles. The van der Waals surface area contributed by atoms with Crippen molar-refractivity contribution in [3.05, 3.63) is 0 Å². The van der Waals surface area contributed by atoms with E-state index in [1.165, 1.54) is 32.2 Å². The van der Waals surface area contributed by atoms with Gasteiger partial charge in [0, 0.05) is 31.3 Å². The van der Waals surface area contributed by atoms with Crippen LogP contribution in [0, 0.1) is 5.92 Å². The zero-order valence-electron chi connectivity index (χ0n) is 11.4. The molecule has 3 nitrogen and oxygen atoms in total. The second-order valence-corrected chi connectivity index (χ2v) is 5.90. The third kappa shape index (κ3) is 3.67. The van der Waals surface area contributed by atoms with Crippen molar-refractivity contribution in [2.75, 3.05) is 19.7 Å². The largest absolute Gasteiger partial charge is 0.396 e. The maximum Gasteiger partial charge on any atom is 0.0434 e. The van der Waals surface area contributed by atoms with Crippen molar-refractivity contribution in [2.24, 2.45) is 5.92 Å². The Morgan fingerprint density at radius 1 is 1.41 bits per heavy atom. The van der Waals surface area contributed by atoms with Crippen molar-refractivity contribution in [3.8, 4) is 0 Å². The molecule has 1 saturated carbocycles. The molecule has 2 aliphatic rings. The molecule has 2 N–H and O–H groups in total. The second kappa shape index (κ2) is 6.17. The number of hydrogen-bond donors (Lipinski definition) is 2. The van der Waals surface area contributed by atoms with E-state index in [0.717, 1.165) is 25.0 Å². The van der Waals surface area contributed by atoms with Crippen LogP contribution in [0.3, 0.4) is 0 Å². The van der Waals surface area contributed by atoms with Crippen molar-refractivity contribution >= 4 is 0 Å². The summed E-state index contributed by atoms with van der Waals surface area (Å²) in [4.78, 5) is 2.69. The van der Waals surface area contributed by atoms with E-state index in [-0.39, 0.29) is 0 Å². The van der Waals surface area contributed by atoms with Crippen molar-refractivity contribution in [1.82, 2.24) is 10.2 Å². The summed E-state index contributed by atoms with van der Waals surface area (Å²) in [7, 11) is 0. The van der Waals surface area contributed by atoms with Crippen LogP contribution in [0.15, 0.2) is 0 Å². The Morgan fingerprint density at radius 2 is 2.18 bits per heavy atom. The van der Waals surface area contributed by atoms with Gasteiger partial charge in [0.05, 0.1) is 0 Å². The molecule has 3 atom stereocenters. The average molecular weight is 240 g/mol. The fourth-order valence-electron chi connectivity index (χ4n) is 3.09. The Hall–Kier alpha value is -0.120. The predicted octanol–water partition coefficient (Wildman–Crippen LogP) is 1.61. The normalized spacial score (nSPS) is 31.9. The van der Waals surface area contributed by atoms with Crippen LogP contribution in [0.25, 0.3) is 0 Å². The zero-order valence-corrected chi connectivity index (χ0v) is 11.4. The van der Waals surface area contributed by atoms with E-state index < -0.39 is 0 Å². The van der Waals surface area contributed by atoms with Crippen LogP contribution in [0.4, 0.5) is 0 Å². The molecule has 1 saturated heterocycles. The Bertz CT molecular complexity index is 230. The molecule has 1 heterocycles. The predicted molar refractivity (Wildman–Crippen MR) is 71.1 cm³/mol. The monoisotopic (exact) mass is 240 g/mol. The average Bonchev–Trinajstić information content (AvgIpc) is 3.09. The minimum absolute atomic E-state index is 0.329. The maximum atomic E-state index is 8.99. The summed E-state index contributed by atoms with van der Waals surface area (Å²) in [6, 6.07) is 2.34. The van der Waals surface area contributed by atoms with Crippen LogP contribution in [0.5, 0.6) is 0 Å². The SMILES string of the molecule is CCC(CCO)CNC1CC(C)N(C2CC2)C1. The number of likely N-dealkylation sites (tertiary alicyclic amines) is 1. The van der Waals surface area contributed by atoms with Gasteiger partial charge in [-0.25, -0.2) is 0 Å². The topological polar surface area (TPSA) is 35.5 Å². The maximum absolute atomic E-state index is 8.99. The van der Waals surface area contributed by atoms with Crippen LogP contribution in [-0.2, 0) is 0 Å². The van der Waals surface area contributed by atoms with E-state index in [0.29, 0.717) is 18.6 Å². The summed E-state index contributed by atoms with van der Waals surface area (Å²) in [5, 5.41) is 12.7. The fraction of sp³-hybridized carbons (Fsp3) is 1.00. The van der Waals surface area contributed by atoms with Gasteiger partial charge in [0.15, 0.2) is 0 Å². The molecular weight excluding hydrogens is 212 g/mol. The second-order valence-electron chi connectivity index (χ2n) is 5.90. The van der Waals surface area contributed by atoms with Gasteiger partial charge in [0.25, 0.3) is 0 Å². The lowest BCUT2D eigenvalue weighted by atomic mass is 10.0. The third-order valence-corrected chi connectivity index (χ3v) is 4.45. The first-order chi connectivity index (χ1) is 8.24. The molecule has 0 spiro atoms. The Morgan fingerprint density at radius 3 is 2.76 bits per heavy atom. The number of hydrogen-bond acceptors (Lipinski definition) is 3. The van der Waals surface area contributed by atoms with Gasteiger partial charge in [-0.05, 0) is 45.1 Å². The fourth-order valence-corrected chi connectivity index (χ4v) is 3.09. The lowest BCUT2D eigenvalue weighted by Crippen LogP contribution is -2.36. The quantitative estimate of drug-likeness (QED) is 0.710. The summed E-state index contributed by atoms with van der Waals surface area (Å²) >= 11 is 0. The van der Waals surface area contributed by atoms with Crippen LogP contribution in [-0.4, -0.2) is 47.8 Å². The highest BCUT2D eigenvalue weighted by molar-refractivity contribution is 4.96. The molecule has 3 heteroatoms. The molecule has 0 bridgehead atoms. The van der Waals surface area contributed by atoms with Crippen molar-refractivity contribution in [3.63, 3.8) is 0 Å². The smallest absolute Gasteiger partial charge is 0.0434 e. The first-order valence-corrected chi connectivity index (χ1v) is 7.34. The van der Waals surface area contributed by atoms with E-state index in [1.54, 1.807) is 0 Å². The van der Waals surface area contributed by atoms with Crippen molar-refractivity contribution in [1.29, 1.82) is 0 Å². The summed E-state index contributed by atoms with van der Waals surface area (Å²) in [6.07, 6.45) is 6.24. The Kier molecular flexibility index (Phi) is 4.83. The van der Waals surface area contributed by atoms with E-state index in [4.69, 9.17) is 5.11 Å². The number of aliphatic hydroxyl groups is 1. The van der Waals surface area contributed by atoms with E-state index in [2.05, 4.69) is 24.1 Å². The van der Waals surface area contributed by atoms with Gasteiger partial charge >= 0.3 is 0 Å². The molecule has 3 unspecified atom stereocenters. The summed E-state index contributed by atoms with van der Waals surface area (Å²) in [5.41, 5.74) is 0. The van der Waals surface area contributed by atoms with E-state index in [1.807, 2.05) is 0 Å². The van der Waals surface area contributed by atoms with Crippen LogP contribution in [0.1, 0.15) is 46.0 Å².